The quantitative estimate of drug-likeness (QED) is 0.495. The molecule has 0 amide bonds. The molecule has 1 aromatic rings. The summed E-state index contributed by atoms with van der Waals surface area (Å²) in [6.45, 7) is 5.25. The Bertz CT molecular complexity index is 475. The largest absolute Gasteiger partial charge is 0.374 e. The van der Waals surface area contributed by atoms with E-state index in [4.69, 9.17) is 5.73 Å². The zero-order valence-corrected chi connectivity index (χ0v) is 11.5. The van der Waals surface area contributed by atoms with E-state index in [1.807, 2.05) is 13.8 Å². The molecule has 0 aliphatic heterocycles. The van der Waals surface area contributed by atoms with E-state index in [9.17, 15) is 22.0 Å². The van der Waals surface area contributed by atoms with Crippen LogP contribution in [-0.2, 0) is 0 Å². The number of hydrogen-bond donors (Lipinski definition) is 2. The minimum atomic E-state index is -2.18. The van der Waals surface area contributed by atoms with Gasteiger partial charge >= 0.3 is 0 Å². The molecule has 0 bridgehead atoms. The number of nitrogens with two attached hydrogens (primary N) is 1. The summed E-state index contributed by atoms with van der Waals surface area (Å²) in [4.78, 5) is 0. The van der Waals surface area contributed by atoms with E-state index in [1.165, 1.54) is 0 Å². The van der Waals surface area contributed by atoms with Crippen molar-refractivity contribution in [1.82, 2.24) is 0 Å². The summed E-state index contributed by atoms with van der Waals surface area (Å²) < 4.78 is 66.3. The van der Waals surface area contributed by atoms with Gasteiger partial charge in [-0.05, 0) is 19.3 Å². The highest BCUT2D eigenvalue weighted by Gasteiger charge is 2.31. The van der Waals surface area contributed by atoms with Crippen molar-refractivity contribution < 1.29 is 22.0 Å². The molecule has 1 rings (SSSR count). The molecule has 3 N–H and O–H groups in total. The lowest BCUT2D eigenvalue weighted by Gasteiger charge is -2.32. The van der Waals surface area contributed by atoms with Gasteiger partial charge < -0.3 is 11.1 Å². The van der Waals surface area contributed by atoms with Crippen LogP contribution in [0.25, 0.3) is 0 Å². The van der Waals surface area contributed by atoms with Gasteiger partial charge in [0, 0.05) is 12.1 Å². The van der Waals surface area contributed by atoms with Crippen molar-refractivity contribution in [2.75, 3.05) is 11.9 Å². The van der Waals surface area contributed by atoms with Crippen LogP contribution in [0.15, 0.2) is 0 Å². The predicted molar refractivity (Wildman–Crippen MR) is 66.8 cm³/mol. The van der Waals surface area contributed by atoms with E-state index < -0.39 is 40.3 Å². The zero-order chi connectivity index (χ0) is 15.7. The molecule has 2 nitrogen and oxygen atoms in total. The Balaban J connectivity index is 3.27. The van der Waals surface area contributed by atoms with E-state index >= 15 is 0 Å². The number of halogens is 5. The molecule has 0 heterocycles. The Morgan fingerprint density at radius 1 is 0.950 bits per heavy atom. The molecular weight excluding hydrogens is 279 g/mol. The van der Waals surface area contributed by atoms with E-state index in [1.54, 1.807) is 6.92 Å². The molecule has 1 aromatic carbocycles. The minimum absolute atomic E-state index is 0.0231. The number of rotatable bonds is 5. The second kappa shape index (κ2) is 5.95. The maximum atomic E-state index is 13.6. The summed E-state index contributed by atoms with van der Waals surface area (Å²) >= 11 is 0. The Labute approximate surface area is 114 Å². The highest BCUT2D eigenvalue weighted by molar-refractivity contribution is 5.49. The Hall–Kier alpha value is -1.37. The molecule has 0 fully saturated rings. The van der Waals surface area contributed by atoms with E-state index in [0.29, 0.717) is 6.42 Å². The third-order valence-corrected chi connectivity index (χ3v) is 2.95. The third kappa shape index (κ3) is 3.20. The van der Waals surface area contributed by atoms with Gasteiger partial charge in [0.05, 0.1) is 0 Å². The first-order valence-corrected chi connectivity index (χ1v) is 6.12. The molecule has 1 atom stereocenters. The normalized spacial score (nSPS) is 14.5. The fourth-order valence-corrected chi connectivity index (χ4v) is 2.10. The second-order valence-corrected chi connectivity index (χ2v) is 5.43. The molecule has 114 valence electrons. The van der Waals surface area contributed by atoms with Crippen LogP contribution in [0.5, 0.6) is 0 Å². The molecule has 0 spiro atoms. The molecule has 0 saturated heterocycles. The molecule has 0 aliphatic carbocycles. The van der Waals surface area contributed by atoms with Gasteiger partial charge in [-0.2, -0.15) is 0 Å². The van der Waals surface area contributed by atoms with E-state index in [0.717, 1.165) is 0 Å². The second-order valence-electron chi connectivity index (χ2n) is 5.43. The van der Waals surface area contributed by atoms with Gasteiger partial charge in [0.1, 0.15) is 5.69 Å². The molecular formula is C13H17F5N2. The molecule has 0 aromatic heterocycles. The lowest BCUT2D eigenvalue weighted by atomic mass is 9.90. The number of hydrogen-bond acceptors (Lipinski definition) is 2. The number of anilines is 1. The molecule has 20 heavy (non-hydrogen) atoms. The summed E-state index contributed by atoms with van der Waals surface area (Å²) in [5.41, 5.74) is 3.51. The maximum Gasteiger partial charge on any atom is 0.200 e. The summed E-state index contributed by atoms with van der Waals surface area (Å²) in [6.07, 6.45) is 0.406. The topological polar surface area (TPSA) is 38.0 Å². The van der Waals surface area contributed by atoms with Crippen molar-refractivity contribution in [3.05, 3.63) is 29.1 Å². The van der Waals surface area contributed by atoms with Crippen LogP contribution >= 0.6 is 0 Å². The van der Waals surface area contributed by atoms with Crippen molar-refractivity contribution in [1.29, 1.82) is 0 Å². The Morgan fingerprint density at radius 3 is 1.70 bits per heavy atom. The van der Waals surface area contributed by atoms with Crippen LogP contribution in [0, 0.1) is 35.0 Å². The SMILES string of the molecule is CC(C)CC(C)(CN)Nc1c(F)c(F)c(F)c(F)c1F. The van der Waals surface area contributed by atoms with Gasteiger partial charge in [-0.25, -0.2) is 22.0 Å². The predicted octanol–water partition coefficient (Wildman–Crippen LogP) is 3.56. The van der Waals surface area contributed by atoms with Crippen LogP contribution in [0.3, 0.4) is 0 Å². The van der Waals surface area contributed by atoms with Crippen molar-refractivity contribution in [2.24, 2.45) is 11.7 Å². The molecule has 0 aliphatic rings. The van der Waals surface area contributed by atoms with Crippen LogP contribution in [-0.4, -0.2) is 12.1 Å². The van der Waals surface area contributed by atoms with Crippen LogP contribution in [0.1, 0.15) is 27.2 Å². The van der Waals surface area contributed by atoms with Gasteiger partial charge in [-0.15, -0.1) is 0 Å². The van der Waals surface area contributed by atoms with Crippen molar-refractivity contribution in [2.45, 2.75) is 32.7 Å². The summed E-state index contributed by atoms with van der Waals surface area (Å²) in [5, 5.41) is 2.36. The average Bonchev–Trinajstić information content (AvgIpc) is 2.38. The molecule has 0 radical (unpaired) electrons. The summed E-state index contributed by atoms with van der Waals surface area (Å²) in [5.74, 6) is -9.78. The van der Waals surface area contributed by atoms with Gasteiger partial charge in [0.25, 0.3) is 0 Å². The number of benzene rings is 1. The standard InChI is InChI=1S/C13H17F5N2/c1-6(2)4-13(3,5-19)20-12-10(17)8(15)7(14)9(16)11(12)18/h6,20H,4-5,19H2,1-3H3. The van der Waals surface area contributed by atoms with Gasteiger partial charge in [0.2, 0.25) is 5.82 Å². The average molecular weight is 296 g/mol. The minimum Gasteiger partial charge on any atom is -0.374 e. The monoisotopic (exact) mass is 296 g/mol. The fraction of sp³-hybridized carbons (Fsp3) is 0.538. The van der Waals surface area contributed by atoms with E-state index in [2.05, 4.69) is 5.32 Å². The van der Waals surface area contributed by atoms with Crippen molar-refractivity contribution >= 4 is 5.69 Å². The first-order valence-electron chi connectivity index (χ1n) is 6.12. The van der Waals surface area contributed by atoms with Crippen molar-refractivity contribution in [3.63, 3.8) is 0 Å². The van der Waals surface area contributed by atoms with Crippen LogP contribution in [0.4, 0.5) is 27.6 Å². The van der Waals surface area contributed by atoms with Gasteiger partial charge in [-0.3, -0.25) is 0 Å². The van der Waals surface area contributed by atoms with Crippen LogP contribution in [0.2, 0.25) is 0 Å². The molecule has 7 heteroatoms. The van der Waals surface area contributed by atoms with Crippen molar-refractivity contribution in [3.8, 4) is 0 Å². The highest BCUT2D eigenvalue weighted by Crippen LogP contribution is 2.30. The fourth-order valence-electron chi connectivity index (χ4n) is 2.10. The van der Waals surface area contributed by atoms with E-state index in [-0.39, 0.29) is 12.5 Å². The van der Waals surface area contributed by atoms with Gasteiger partial charge in [0.15, 0.2) is 23.3 Å². The third-order valence-electron chi connectivity index (χ3n) is 2.95. The summed E-state index contributed by atoms with van der Waals surface area (Å²) in [7, 11) is 0. The Morgan fingerprint density at radius 2 is 1.35 bits per heavy atom. The van der Waals surface area contributed by atoms with Crippen LogP contribution < -0.4 is 11.1 Å². The number of nitrogens with one attached hydrogen (secondary N) is 1. The molecule has 0 saturated carbocycles. The zero-order valence-electron chi connectivity index (χ0n) is 11.5. The maximum absolute atomic E-state index is 13.6. The smallest absolute Gasteiger partial charge is 0.200 e. The Kier molecular flexibility index (Phi) is 4.96. The summed E-state index contributed by atoms with van der Waals surface area (Å²) in [6, 6.07) is 0. The lowest BCUT2D eigenvalue weighted by molar-refractivity contribution is 0.370. The highest BCUT2D eigenvalue weighted by atomic mass is 19.2. The van der Waals surface area contributed by atoms with Gasteiger partial charge in [-0.1, -0.05) is 13.8 Å². The lowest BCUT2D eigenvalue weighted by Crippen LogP contribution is -2.44. The molecule has 1 unspecified atom stereocenters. The first-order chi connectivity index (χ1) is 9.13. The first kappa shape index (κ1) is 16.7.